The first-order valence-corrected chi connectivity index (χ1v) is 9.98. The van der Waals surface area contributed by atoms with E-state index in [2.05, 4.69) is 20.9 Å². The first-order valence-electron chi connectivity index (χ1n) is 8.34. The molecule has 0 radical (unpaired) electrons. The Balaban J connectivity index is 1.53. The minimum atomic E-state index is -0.453. The number of nitrogens with one attached hydrogen (secondary N) is 3. The number of rotatable bonds is 6. The molecule has 3 aromatic rings. The molecule has 2 aromatic carbocycles. The number of carbonyl (C=O) groups is 2. The zero-order valence-corrected chi connectivity index (χ0v) is 17.5. The van der Waals surface area contributed by atoms with E-state index in [1.54, 1.807) is 47.8 Å². The molecule has 10 heteroatoms. The average Bonchev–Trinajstić information content (AvgIpc) is 3.08. The van der Waals surface area contributed by atoms with Gasteiger partial charge in [-0.2, -0.15) is 0 Å². The van der Waals surface area contributed by atoms with Crippen LogP contribution in [0, 0.1) is 0 Å². The molecule has 0 aliphatic heterocycles. The third-order valence-corrected chi connectivity index (χ3v) is 4.97. The molecule has 7 nitrogen and oxygen atoms in total. The SMILES string of the molecule is COc1ccc(NC(=O)Cc2csc(NC(=O)Nc3cccc(Cl)c3)n2)cc1Cl. The van der Waals surface area contributed by atoms with E-state index in [1.807, 2.05) is 0 Å². The highest BCUT2D eigenvalue weighted by Crippen LogP contribution is 2.27. The number of amides is 3. The van der Waals surface area contributed by atoms with Gasteiger partial charge < -0.3 is 15.4 Å². The van der Waals surface area contributed by atoms with Crippen LogP contribution in [0.4, 0.5) is 21.3 Å². The van der Waals surface area contributed by atoms with Crippen LogP contribution in [-0.2, 0) is 11.2 Å². The Labute approximate surface area is 181 Å². The Morgan fingerprint density at radius 3 is 2.59 bits per heavy atom. The molecule has 3 rings (SSSR count). The topological polar surface area (TPSA) is 92.4 Å². The van der Waals surface area contributed by atoms with Crippen LogP contribution in [0.5, 0.6) is 5.75 Å². The van der Waals surface area contributed by atoms with E-state index in [0.29, 0.717) is 38.0 Å². The number of aromatic nitrogens is 1. The van der Waals surface area contributed by atoms with Gasteiger partial charge in [-0.25, -0.2) is 9.78 Å². The van der Waals surface area contributed by atoms with Crippen LogP contribution in [0.15, 0.2) is 47.8 Å². The molecule has 0 bridgehead atoms. The number of carbonyl (C=O) groups excluding carboxylic acids is 2. The highest BCUT2D eigenvalue weighted by molar-refractivity contribution is 7.14. The number of hydrogen-bond donors (Lipinski definition) is 3. The predicted molar refractivity (Wildman–Crippen MR) is 117 cm³/mol. The second kappa shape index (κ2) is 9.60. The number of nitrogens with zero attached hydrogens (tertiary/aromatic N) is 1. The first kappa shape index (κ1) is 20.9. The van der Waals surface area contributed by atoms with Crippen molar-refractivity contribution < 1.29 is 14.3 Å². The van der Waals surface area contributed by atoms with Gasteiger partial charge in [0, 0.05) is 21.8 Å². The molecule has 0 saturated carbocycles. The van der Waals surface area contributed by atoms with E-state index in [-0.39, 0.29) is 12.3 Å². The minimum absolute atomic E-state index is 0.0533. The second-order valence-corrected chi connectivity index (χ2v) is 7.51. The monoisotopic (exact) mass is 450 g/mol. The quantitative estimate of drug-likeness (QED) is 0.475. The summed E-state index contributed by atoms with van der Waals surface area (Å²) < 4.78 is 5.08. The van der Waals surface area contributed by atoms with E-state index in [1.165, 1.54) is 18.4 Å². The van der Waals surface area contributed by atoms with Gasteiger partial charge in [-0.15, -0.1) is 11.3 Å². The number of hydrogen-bond acceptors (Lipinski definition) is 5. The van der Waals surface area contributed by atoms with E-state index < -0.39 is 6.03 Å². The van der Waals surface area contributed by atoms with Gasteiger partial charge in [0.05, 0.1) is 24.2 Å². The maximum absolute atomic E-state index is 12.2. The summed E-state index contributed by atoms with van der Waals surface area (Å²) in [7, 11) is 1.52. The molecule has 0 aliphatic carbocycles. The highest BCUT2D eigenvalue weighted by atomic mass is 35.5. The summed E-state index contributed by atoms with van der Waals surface area (Å²) in [5.74, 6) is 0.266. The fourth-order valence-corrected chi connectivity index (χ4v) is 3.54. The van der Waals surface area contributed by atoms with Gasteiger partial charge in [0.15, 0.2) is 5.13 Å². The summed E-state index contributed by atoms with van der Waals surface area (Å²) in [6.45, 7) is 0. The lowest BCUT2D eigenvalue weighted by molar-refractivity contribution is -0.115. The maximum atomic E-state index is 12.2. The van der Waals surface area contributed by atoms with Gasteiger partial charge >= 0.3 is 6.03 Å². The summed E-state index contributed by atoms with van der Waals surface area (Å²) >= 11 is 13.2. The number of ether oxygens (including phenoxy) is 1. The van der Waals surface area contributed by atoms with Crippen LogP contribution in [0.2, 0.25) is 10.0 Å². The van der Waals surface area contributed by atoms with Crippen molar-refractivity contribution in [1.29, 1.82) is 0 Å². The number of halogens is 2. The van der Waals surface area contributed by atoms with E-state index in [0.717, 1.165) is 0 Å². The molecule has 0 fully saturated rings. The lowest BCUT2D eigenvalue weighted by Crippen LogP contribution is -2.19. The number of anilines is 3. The molecule has 0 atom stereocenters. The van der Waals surface area contributed by atoms with Crippen molar-refractivity contribution in [3.05, 3.63) is 63.6 Å². The molecule has 29 heavy (non-hydrogen) atoms. The zero-order chi connectivity index (χ0) is 20.8. The van der Waals surface area contributed by atoms with Gasteiger partial charge in [0.2, 0.25) is 5.91 Å². The predicted octanol–water partition coefficient (Wildman–Crippen LogP) is 5.28. The van der Waals surface area contributed by atoms with E-state index in [4.69, 9.17) is 27.9 Å². The normalized spacial score (nSPS) is 10.3. The fraction of sp³-hybridized carbons (Fsp3) is 0.105. The summed E-state index contributed by atoms with van der Waals surface area (Å²) in [5, 5.41) is 11.0. The molecular weight excluding hydrogens is 435 g/mol. The van der Waals surface area contributed by atoms with Crippen LogP contribution in [-0.4, -0.2) is 24.0 Å². The summed E-state index contributed by atoms with van der Waals surface area (Å²) in [5.41, 5.74) is 1.64. The van der Waals surface area contributed by atoms with Gasteiger partial charge in [0.25, 0.3) is 0 Å². The van der Waals surface area contributed by atoms with Crippen LogP contribution >= 0.6 is 34.5 Å². The Morgan fingerprint density at radius 2 is 1.86 bits per heavy atom. The van der Waals surface area contributed by atoms with Crippen molar-refractivity contribution in [3.8, 4) is 5.75 Å². The largest absolute Gasteiger partial charge is 0.495 e. The first-order chi connectivity index (χ1) is 13.9. The molecule has 0 saturated heterocycles. The number of methoxy groups -OCH3 is 1. The van der Waals surface area contributed by atoms with Gasteiger partial charge in [0.1, 0.15) is 5.75 Å². The summed E-state index contributed by atoms with van der Waals surface area (Å²) in [6.07, 6.45) is 0.0533. The van der Waals surface area contributed by atoms with Gasteiger partial charge in [-0.3, -0.25) is 10.1 Å². The molecule has 1 heterocycles. The lowest BCUT2D eigenvalue weighted by Gasteiger charge is -2.07. The van der Waals surface area contributed by atoms with Crippen molar-refractivity contribution in [2.45, 2.75) is 6.42 Å². The molecule has 1 aromatic heterocycles. The highest BCUT2D eigenvalue weighted by Gasteiger charge is 2.11. The van der Waals surface area contributed by atoms with Crippen molar-refractivity contribution in [2.24, 2.45) is 0 Å². The zero-order valence-electron chi connectivity index (χ0n) is 15.2. The Morgan fingerprint density at radius 1 is 1.07 bits per heavy atom. The van der Waals surface area contributed by atoms with Crippen LogP contribution < -0.4 is 20.7 Å². The molecule has 150 valence electrons. The summed E-state index contributed by atoms with van der Waals surface area (Å²) in [4.78, 5) is 28.5. The standard InChI is InChI=1S/C19H16Cl2N4O3S/c1-28-16-6-5-13(8-15(16)21)22-17(26)9-14-10-29-19(24-14)25-18(27)23-12-4-2-3-11(20)7-12/h2-8,10H,9H2,1H3,(H,22,26)(H2,23,24,25,27). The maximum Gasteiger partial charge on any atom is 0.325 e. The van der Waals surface area contributed by atoms with Crippen LogP contribution in [0.25, 0.3) is 0 Å². The smallest absolute Gasteiger partial charge is 0.325 e. The Bertz CT molecular complexity index is 1040. The van der Waals surface area contributed by atoms with Crippen LogP contribution in [0.3, 0.4) is 0 Å². The molecule has 0 aliphatic rings. The lowest BCUT2D eigenvalue weighted by atomic mass is 10.2. The average molecular weight is 451 g/mol. The second-order valence-electron chi connectivity index (χ2n) is 5.81. The van der Waals surface area contributed by atoms with E-state index in [9.17, 15) is 9.59 Å². The molecule has 0 spiro atoms. The number of benzene rings is 2. The van der Waals surface area contributed by atoms with Crippen molar-refractivity contribution in [1.82, 2.24) is 4.98 Å². The minimum Gasteiger partial charge on any atom is -0.495 e. The third-order valence-electron chi connectivity index (χ3n) is 3.63. The molecule has 3 amide bonds. The van der Waals surface area contributed by atoms with Gasteiger partial charge in [-0.1, -0.05) is 29.3 Å². The molecule has 0 unspecified atom stereocenters. The summed E-state index contributed by atoms with van der Waals surface area (Å²) in [6, 6.07) is 11.3. The third kappa shape index (κ3) is 6.08. The number of urea groups is 1. The Kier molecular flexibility index (Phi) is 6.92. The Hall–Kier alpha value is -2.81. The molecular formula is C19H16Cl2N4O3S. The fourth-order valence-electron chi connectivity index (χ4n) is 2.39. The number of thiazole rings is 1. The van der Waals surface area contributed by atoms with Crippen molar-refractivity contribution >= 4 is 63.0 Å². The molecule has 3 N–H and O–H groups in total. The van der Waals surface area contributed by atoms with Gasteiger partial charge in [-0.05, 0) is 36.4 Å². The van der Waals surface area contributed by atoms with Crippen LogP contribution in [0.1, 0.15) is 5.69 Å². The van der Waals surface area contributed by atoms with E-state index >= 15 is 0 Å². The van der Waals surface area contributed by atoms with Crippen molar-refractivity contribution in [3.63, 3.8) is 0 Å². The van der Waals surface area contributed by atoms with Crippen molar-refractivity contribution in [2.75, 3.05) is 23.1 Å².